The third-order valence-electron chi connectivity index (χ3n) is 12.6. The molecule has 1 atom stereocenters. The summed E-state index contributed by atoms with van der Waals surface area (Å²) >= 11 is 0. The van der Waals surface area contributed by atoms with Crippen LogP contribution in [0.3, 0.4) is 0 Å². The summed E-state index contributed by atoms with van der Waals surface area (Å²) < 4.78 is 16.8. The summed E-state index contributed by atoms with van der Waals surface area (Å²) in [7, 11) is 0. The van der Waals surface area contributed by atoms with E-state index in [2.05, 4.69) is 118 Å². The van der Waals surface area contributed by atoms with Crippen molar-refractivity contribution in [3.8, 4) is 0 Å². The van der Waals surface area contributed by atoms with Crippen molar-refractivity contribution in [2.75, 3.05) is 13.2 Å². The summed E-state index contributed by atoms with van der Waals surface area (Å²) in [5, 5.41) is 0. The number of hydrogen-bond donors (Lipinski definition) is 0. The molecule has 0 aliphatic rings. The van der Waals surface area contributed by atoms with Gasteiger partial charge in [-0.3, -0.25) is 14.4 Å². The van der Waals surface area contributed by atoms with E-state index in [1.54, 1.807) is 0 Å². The van der Waals surface area contributed by atoms with E-state index < -0.39 is 6.10 Å². The van der Waals surface area contributed by atoms with Gasteiger partial charge in [-0.1, -0.05) is 259 Å². The zero-order chi connectivity index (χ0) is 51.4. The molecule has 6 heteroatoms. The molecule has 0 aliphatic heterocycles. The first-order valence-corrected chi connectivity index (χ1v) is 29.7. The molecular formula is C65H110O6. The normalized spacial score (nSPS) is 12.8. The standard InChI is InChI=1S/C65H110O6/c1-4-7-10-13-16-19-22-24-26-28-29-30-31-32-33-34-35-36-37-38-40-41-43-46-49-52-55-58-64(67)70-61-62(60-69-63(66)57-54-51-48-45-21-18-15-12-9-6-3)71-65(68)59-56-53-50-47-44-42-39-27-25-23-20-17-14-11-8-5-2/h7,10,12,15-16,19,24,26,29-30,32-33,35-36,38,40,62H,4-6,8-9,11,13-14,17-18,20-23,25,27-28,31,34,37,39,41-61H2,1-3H3/b10-7-,15-12-,19-16-,26-24-,30-29-,33-32-,36-35-,40-38-. The smallest absolute Gasteiger partial charge is 0.306 e. The van der Waals surface area contributed by atoms with E-state index in [1.165, 1.54) is 103 Å². The van der Waals surface area contributed by atoms with Gasteiger partial charge in [0.05, 0.1) is 0 Å². The highest BCUT2D eigenvalue weighted by Gasteiger charge is 2.19. The second-order valence-corrected chi connectivity index (χ2v) is 19.5. The third kappa shape index (κ3) is 57.1. The summed E-state index contributed by atoms with van der Waals surface area (Å²) in [4.78, 5) is 38.1. The second-order valence-electron chi connectivity index (χ2n) is 19.5. The van der Waals surface area contributed by atoms with E-state index >= 15 is 0 Å². The highest BCUT2D eigenvalue weighted by atomic mass is 16.6. The summed E-state index contributed by atoms with van der Waals surface area (Å²) in [6.07, 6.45) is 78.4. The first-order valence-electron chi connectivity index (χ1n) is 29.7. The van der Waals surface area contributed by atoms with Crippen molar-refractivity contribution in [3.63, 3.8) is 0 Å². The molecule has 71 heavy (non-hydrogen) atoms. The van der Waals surface area contributed by atoms with Gasteiger partial charge >= 0.3 is 17.9 Å². The van der Waals surface area contributed by atoms with Gasteiger partial charge in [0.1, 0.15) is 13.2 Å². The van der Waals surface area contributed by atoms with Crippen molar-refractivity contribution in [2.45, 2.75) is 284 Å². The van der Waals surface area contributed by atoms with Gasteiger partial charge in [0.2, 0.25) is 0 Å². The van der Waals surface area contributed by atoms with Crippen LogP contribution in [0.2, 0.25) is 0 Å². The summed E-state index contributed by atoms with van der Waals surface area (Å²) in [6, 6.07) is 0. The van der Waals surface area contributed by atoms with Gasteiger partial charge < -0.3 is 14.2 Å². The van der Waals surface area contributed by atoms with Crippen molar-refractivity contribution in [2.24, 2.45) is 0 Å². The Bertz CT molecular complexity index is 1410. The maximum absolute atomic E-state index is 12.8. The molecule has 0 amide bonds. The Labute approximate surface area is 438 Å². The van der Waals surface area contributed by atoms with Crippen LogP contribution in [0.25, 0.3) is 0 Å². The summed E-state index contributed by atoms with van der Waals surface area (Å²) in [5.74, 6) is -0.910. The summed E-state index contributed by atoms with van der Waals surface area (Å²) in [6.45, 7) is 6.45. The second kappa shape index (κ2) is 58.9. The Balaban J connectivity index is 4.31. The lowest BCUT2D eigenvalue weighted by atomic mass is 10.0. The highest BCUT2D eigenvalue weighted by molar-refractivity contribution is 5.71. The topological polar surface area (TPSA) is 78.9 Å². The third-order valence-corrected chi connectivity index (χ3v) is 12.6. The van der Waals surface area contributed by atoms with Crippen molar-refractivity contribution in [1.29, 1.82) is 0 Å². The fourth-order valence-corrected chi connectivity index (χ4v) is 8.13. The van der Waals surface area contributed by atoms with Gasteiger partial charge in [0, 0.05) is 19.3 Å². The largest absolute Gasteiger partial charge is 0.462 e. The molecule has 0 saturated carbocycles. The lowest BCUT2D eigenvalue weighted by Crippen LogP contribution is -2.30. The van der Waals surface area contributed by atoms with Crippen LogP contribution in [0.15, 0.2) is 97.2 Å². The fourth-order valence-electron chi connectivity index (χ4n) is 8.13. The Hall–Kier alpha value is -3.67. The predicted octanol–water partition coefficient (Wildman–Crippen LogP) is 20.1. The maximum Gasteiger partial charge on any atom is 0.306 e. The number of carbonyl (C=O) groups is 3. The van der Waals surface area contributed by atoms with Crippen LogP contribution >= 0.6 is 0 Å². The van der Waals surface area contributed by atoms with E-state index in [9.17, 15) is 14.4 Å². The molecule has 0 aliphatic carbocycles. The van der Waals surface area contributed by atoms with E-state index in [4.69, 9.17) is 14.2 Å². The molecule has 0 heterocycles. The minimum atomic E-state index is -0.787. The van der Waals surface area contributed by atoms with Crippen LogP contribution in [0.4, 0.5) is 0 Å². The quantitative estimate of drug-likeness (QED) is 0.0261. The fraction of sp³-hybridized carbons (Fsp3) is 0.708. The molecule has 6 nitrogen and oxygen atoms in total. The van der Waals surface area contributed by atoms with Crippen LogP contribution in [-0.4, -0.2) is 37.2 Å². The molecule has 0 saturated heterocycles. The van der Waals surface area contributed by atoms with Gasteiger partial charge in [0.15, 0.2) is 6.10 Å². The molecule has 1 unspecified atom stereocenters. The van der Waals surface area contributed by atoms with Crippen LogP contribution in [0.5, 0.6) is 0 Å². The zero-order valence-electron chi connectivity index (χ0n) is 46.5. The average Bonchev–Trinajstić information content (AvgIpc) is 3.37. The highest BCUT2D eigenvalue weighted by Crippen LogP contribution is 2.16. The molecule has 0 radical (unpaired) electrons. The SMILES string of the molecule is CC/C=C\C/C=C\C/C=C\C/C=C\C/C=C\C/C=C\C/C=C\CCCCCCCC(=O)OCC(COC(=O)CCCCCCC/C=C\CCC)OC(=O)CCCCCCCCCCCCCCCCCC. The van der Waals surface area contributed by atoms with Crippen LogP contribution < -0.4 is 0 Å². The number of rotatable bonds is 53. The van der Waals surface area contributed by atoms with Crippen molar-refractivity contribution in [3.05, 3.63) is 97.2 Å². The monoisotopic (exact) mass is 987 g/mol. The van der Waals surface area contributed by atoms with Gasteiger partial charge in [-0.15, -0.1) is 0 Å². The van der Waals surface area contributed by atoms with Gasteiger partial charge in [-0.2, -0.15) is 0 Å². The number of allylic oxidation sites excluding steroid dienone is 16. The molecule has 0 spiro atoms. The van der Waals surface area contributed by atoms with Crippen LogP contribution in [0, 0.1) is 0 Å². The lowest BCUT2D eigenvalue weighted by molar-refractivity contribution is -0.167. The Morgan fingerprint density at radius 2 is 0.577 bits per heavy atom. The van der Waals surface area contributed by atoms with E-state index in [-0.39, 0.29) is 31.1 Å². The maximum atomic E-state index is 12.8. The predicted molar refractivity (Wildman–Crippen MR) is 307 cm³/mol. The van der Waals surface area contributed by atoms with Crippen LogP contribution in [0.1, 0.15) is 278 Å². The molecule has 0 bridgehead atoms. The first-order chi connectivity index (χ1) is 35.0. The number of ether oxygens (including phenoxy) is 3. The Morgan fingerprint density at radius 3 is 0.930 bits per heavy atom. The molecule has 0 aromatic rings. The zero-order valence-corrected chi connectivity index (χ0v) is 46.5. The van der Waals surface area contributed by atoms with Gasteiger partial charge in [0.25, 0.3) is 0 Å². The molecule has 0 rings (SSSR count). The molecule has 406 valence electrons. The van der Waals surface area contributed by atoms with E-state index in [1.807, 2.05) is 0 Å². The molecule has 0 aromatic carbocycles. The Kier molecular flexibility index (Phi) is 55.9. The lowest BCUT2D eigenvalue weighted by Gasteiger charge is -2.18. The van der Waals surface area contributed by atoms with E-state index in [0.29, 0.717) is 19.3 Å². The van der Waals surface area contributed by atoms with Crippen molar-refractivity contribution >= 4 is 17.9 Å². The number of unbranched alkanes of at least 4 members (excludes halogenated alkanes) is 26. The number of hydrogen-bond acceptors (Lipinski definition) is 6. The molecule has 0 N–H and O–H groups in total. The minimum Gasteiger partial charge on any atom is -0.462 e. The number of esters is 3. The number of carbonyl (C=O) groups excluding carboxylic acids is 3. The minimum absolute atomic E-state index is 0.0866. The van der Waals surface area contributed by atoms with Crippen molar-refractivity contribution in [1.82, 2.24) is 0 Å². The van der Waals surface area contributed by atoms with E-state index in [0.717, 1.165) is 135 Å². The molecule has 0 aromatic heterocycles. The molecular weight excluding hydrogens is 877 g/mol. The molecule has 0 fully saturated rings. The van der Waals surface area contributed by atoms with Crippen molar-refractivity contribution < 1.29 is 28.6 Å². The van der Waals surface area contributed by atoms with Gasteiger partial charge in [-0.25, -0.2) is 0 Å². The Morgan fingerprint density at radius 1 is 0.296 bits per heavy atom. The van der Waals surface area contributed by atoms with Gasteiger partial charge in [-0.05, 0) is 96.3 Å². The first kappa shape index (κ1) is 67.3. The average molecular weight is 988 g/mol. The van der Waals surface area contributed by atoms with Crippen LogP contribution in [-0.2, 0) is 28.6 Å². The summed E-state index contributed by atoms with van der Waals surface area (Å²) in [5.41, 5.74) is 0.